The van der Waals surface area contributed by atoms with Gasteiger partial charge in [-0.3, -0.25) is 0 Å². The Labute approximate surface area is 115 Å². The van der Waals surface area contributed by atoms with Crippen LogP contribution in [-0.4, -0.2) is 0 Å². The smallest absolute Gasteiger partial charge is 0.0535 e. The van der Waals surface area contributed by atoms with Gasteiger partial charge in [0.2, 0.25) is 0 Å². The van der Waals surface area contributed by atoms with E-state index in [9.17, 15) is 0 Å². The summed E-state index contributed by atoms with van der Waals surface area (Å²) in [5.74, 6) is 0. The van der Waals surface area contributed by atoms with E-state index < -0.39 is 0 Å². The molecular weight excluding hydrogens is 288 g/mol. The molecule has 0 radical (unpaired) electrons. The van der Waals surface area contributed by atoms with Crippen molar-refractivity contribution in [3.63, 3.8) is 0 Å². The zero-order chi connectivity index (χ0) is 12.5. The average molecular weight is 303 g/mol. The Morgan fingerprint density at radius 1 is 1.06 bits per heavy atom. The molecule has 0 saturated carbocycles. The van der Waals surface area contributed by atoms with Crippen molar-refractivity contribution in [1.29, 1.82) is 0 Å². The molecule has 0 aliphatic heterocycles. The van der Waals surface area contributed by atoms with Crippen molar-refractivity contribution < 1.29 is 0 Å². The van der Waals surface area contributed by atoms with Crippen molar-refractivity contribution in [2.75, 3.05) is 5.32 Å². The van der Waals surface area contributed by atoms with E-state index in [1.165, 1.54) is 11.1 Å². The van der Waals surface area contributed by atoms with Gasteiger partial charge >= 0.3 is 0 Å². The summed E-state index contributed by atoms with van der Waals surface area (Å²) in [6.07, 6.45) is 0.950. The van der Waals surface area contributed by atoms with E-state index in [1.807, 2.05) is 12.1 Å². The Hall–Kier alpha value is -1.32. The van der Waals surface area contributed by atoms with Gasteiger partial charge in [-0.1, -0.05) is 46.3 Å². The van der Waals surface area contributed by atoms with Gasteiger partial charge in [0.05, 0.1) is 6.04 Å². The van der Waals surface area contributed by atoms with Crippen LogP contribution in [0.4, 0.5) is 5.69 Å². The number of nitrogens with one attached hydrogen (secondary N) is 1. The largest absolute Gasteiger partial charge is 0.378 e. The number of rotatable bonds is 2. The number of benzene rings is 2. The highest BCUT2D eigenvalue weighted by Crippen LogP contribution is 2.39. The number of fused-ring (bicyclic) bond motifs is 1. The first-order valence-electron chi connectivity index (χ1n) is 6.10. The molecule has 0 fully saturated rings. The van der Waals surface area contributed by atoms with Crippen molar-refractivity contribution in [3.05, 3.63) is 64.1 Å². The van der Waals surface area contributed by atoms with Crippen LogP contribution >= 0.6 is 15.9 Å². The first-order chi connectivity index (χ1) is 8.74. The summed E-state index contributed by atoms with van der Waals surface area (Å²) in [5, 5.41) is 3.56. The maximum absolute atomic E-state index is 6.17. The summed E-state index contributed by atoms with van der Waals surface area (Å²) in [5.41, 5.74) is 9.89. The average Bonchev–Trinajstić information content (AvgIpc) is 2.67. The van der Waals surface area contributed by atoms with Gasteiger partial charge in [-0.15, -0.1) is 0 Å². The molecule has 2 aromatic carbocycles. The molecule has 2 nitrogen and oxygen atoms in total. The lowest BCUT2D eigenvalue weighted by atomic mass is 10.1. The fourth-order valence-corrected chi connectivity index (χ4v) is 2.99. The molecule has 18 heavy (non-hydrogen) atoms. The number of anilines is 1. The highest BCUT2D eigenvalue weighted by molar-refractivity contribution is 9.10. The van der Waals surface area contributed by atoms with E-state index in [4.69, 9.17) is 5.73 Å². The lowest BCUT2D eigenvalue weighted by Gasteiger charge is -2.15. The van der Waals surface area contributed by atoms with Crippen molar-refractivity contribution in [1.82, 2.24) is 0 Å². The first-order valence-corrected chi connectivity index (χ1v) is 6.90. The fourth-order valence-electron chi connectivity index (χ4n) is 2.59. The van der Waals surface area contributed by atoms with E-state index in [0.29, 0.717) is 6.04 Å². The summed E-state index contributed by atoms with van der Waals surface area (Å²) < 4.78 is 1.09. The van der Waals surface area contributed by atoms with Crippen molar-refractivity contribution in [2.24, 2.45) is 5.73 Å². The minimum atomic E-state index is 0.144. The molecule has 3 heteroatoms. The van der Waals surface area contributed by atoms with E-state index in [1.54, 1.807) is 0 Å². The van der Waals surface area contributed by atoms with E-state index in [2.05, 4.69) is 57.6 Å². The van der Waals surface area contributed by atoms with Crippen molar-refractivity contribution in [2.45, 2.75) is 18.5 Å². The molecule has 2 aromatic rings. The maximum Gasteiger partial charge on any atom is 0.0535 e. The van der Waals surface area contributed by atoms with Crippen molar-refractivity contribution in [3.8, 4) is 0 Å². The van der Waals surface area contributed by atoms with Gasteiger partial charge in [-0.25, -0.2) is 0 Å². The molecule has 1 aliphatic carbocycles. The Morgan fingerprint density at radius 2 is 1.83 bits per heavy atom. The molecule has 0 heterocycles. The van der Waals surface area contributed by atoms with Crippen LogP contribution in [0.3, 0.4) is 0 Å². The van der Waals surface area contributed by atoms with Crippen LogP contribution in [0, 0.1) is 0 Å². The van der Waals surface area contributed by atoms with Crippen LogP contribution in [0.2, 0.25) is 0 Å². The summed E-state index contributed by atoms with van der Waals surface area (Å²) in [6.45, 7) is 0. The SMILES string of the molecule is NC1CC(Nc2cccc(Br)c2)c2ccccc21. The zero-order valence-electron chi connectivity index (χ0n) is 9.94. The Kier molecular flexibility index (Phi) is 3.10. The topological polar surface area (TPSA) is 38.0 Å². The van der Waals surface area contributed by atoms with Crippen LogP contribution < -0.4 is 11.1 Å². The molecular formula is C15H15BrN2. The molecule has 0 aromatic heterocycles. The molecule has 0 spiro atoms. The van der Waals surface area contributed by atoms with Gasteiger partial charge in [-0.2, -0.15) is 0 Å². The molecule has 3 N–H and O–H groups in total. The Morgan fingerprint density at radius 3 is 2.61 bits per heavy atom. The molecule has 3 rings (SSSR count). The summed E-state index contributed by atoms with van der Waals surface area (Å²) in [7, 11) is 0. The molecule has 2 atom stereocenters. The minimum Gasteiger partial charge on any atom is -0.378 e. The summed E-state index contributed by atoms with van der Waals surface area (Å²) in [4.78, 5) is 0. The van der Waals surface area contributed by atoms with Crippen LogP contribution in [0.25, 0.3) is 0 Å². The quantitative estimate of drug-likeness (QED) is 0.880. The highest BCUT2D eigenvalue weighted by Gasteiger charge is 2.27. The zero-order valence-corrected chi connectivity index (χ0v) is 11.5. The second-order valence-corrected chi connectivity index (χ2v) is 5.59. The lowest BCUT2D eigenvalue weighted by Crippen LogP contribution is -2.09. The van der Waals surface area contributed by atoms with Gasteiger partial charge in [0, 0.05) is 16.2 Å². The number of hydrogen-bond donors (Lipinski definition) is 2. The monoisotopic (exact) mass is 302 g/mol. The molecule has 1 aliphatic rings. The Bertz CT molecular complexity index is 568. The molecule has 0 bridgehead atoms. The first kappa shape index (κ1) is 11.8. The predicted octanol–water partition coefficient (Wildman–Crippen LogP) is 4.01. The van der Waals surface area contributed by atoms with Gasteiger partial charge in [0.15, 0.2) is 0 Å². The fraction of sp³-hybridized carbons (Fsp3) is 0.200. The van der Waals surface area contributed by atoms with Crippen molar-refractivity contribution >= 4 is 21.6 Å². The predicted molar refractivity (Wildman–Crippen MR) is 78.5 cm³/mol. The maximum atomic E-state index is 6.17. The second-order valence-electron chi connectivity index (χ2n) is 4.68. The van der Waals surface area contributed by atoms with Gasteiger partial charge in [-0.05, 0) is 35.7 Å². The highest BCUT2D eigenvalue weighted by atomic mass is 79.9. The standard InChI is InChI=1S/C15H15BrN2/c16-10-4-3-5-11(8-10)18-15-9-14(17)12-6-1-2-7-13(12)15/h1-8,14-15,18H,9,17H2. The van der Waals surface area contributed by atoms with Crippen LogP contribution in [0.1, 0.15) is 29.6 Å². The van der Waals surface area contributed by atoms with Crippen LogP contribution in [0.5, 0.6) is 0 Å². The normalized spacial score (nSPS) is 21.7. The minimum absolute atomic E-state index is 0.144. The van der Waals surface area contributed by atoms with Gasteiger partial charge in [0.25, 0.3) is 0 Å². The summed E-state index contributed by atoms with van der Waals surface area (Å²) >= 11 is 3.49. The molecule has 92 valence electrons. The third-order valence-corrected chi connectivity index (χ3v) is 3.92. The number of halogens is 1. The molecule has 0 amide bonds. The Balaban J connectivity index is 1.87. The van der Waals surface area contributed by atoms with Crippen LogP contribution in [0.15, 0.2) is 53.0 Å². The number of nitrogens with two attached hydrogens (primary N) is 1. The number of hydrogen-bond acceptors (Lipinski definition) is 2. The van der Waals surface area contributed by atoms with E-state index in [0.717, 1.165) is 16.6 Å². The third-order valence-electron chi connectivity index (χ3n) is 3.43. The molecule has 2 unspecified atom stereocenters. The van der Waals surface area contributed by atoms with Crippen LogP contribution in [-0.2, 0) is 0 Å². The summed E-state index contributed by atoms with van der Waals surface area (Å²) in [6, 6.07) is 17.1. The second kappa shape index (κ2) is 4.75. The van der Waals surface area contributed by atoms with Gasteiger partial charge in [0.1, 0.15) is 0 Å². The molecule has 0 saturated heterocycles. The lowest BCUT2D eigenvalue weighted by molar-refractivity contribution is 0.648. The third kappa shape index (κ3) is 2.16. The van der Waals surface area contributed by atoms with E-state index in [-0.39, 0.29) is 6.04 Å². The van der Waals surface area contributed by atoms with Gasteiger partial charge < -0.3 is 11.1 Å². The van der Waals surface area contributed by atoms with E-state index >= 15 is 0 Å².